The lowest BCUT2D eigenvalue weighted by molar-refractivity contribution is 0.571. The second-order valence-corrected chi connectivity index (χ2v) is 6.09. The van der Waals surface area contributed by atoms with E-state index in [0.717, 1.165) is 27.7 Å². The standard InChI is InChI=1S/C18H16ClN3/c1-11-6-5-8-14-16-10-12(2)21-22(16)18(20-17(11)14)13-7-3-4-9-15(13)19/h3-10,18,20H,1-2H3/t18-/m1/s1. The van der Waals surface area contributed by atoms with Gasteiger partial charge < -0.3 is 5.32 Å². The van der Waals surface area contributed by atoms with E-state index in [-0.39, 0.29) is 6.17 Å². The fourth-order valence-corrected chi connectivity index (χ4v) is 3.33. The Kier molecular flexibility index (Phi) is 2.98. The fraction of sp³-hybridized carbons (Fsp3) is 0.167. The first kappa shape index (κ1) is 13.4. The molecule has 2 aromatic carbocycles. The minimum Gasteiger partial charge on any atom is -0.359 e. The molecule has 1 aromatic heterocycles. The molecular weight excluding hydrogens is 294 g/mol. The van der Waals surface area contributed by atoms with Gasteiger partial charge in [-0.15, -0.1) is 0 Å². The van der Waals surface area contributed by atoms with Gasteiger partial charge in [-0.05, 0) is 31.5 Å². The lowest BCUT2D eigenvalue weighted by atomic mass is 10.0. The Bertz CT molecular complexity index is 867. The van der Waals surface area contributed by atoms with Crippen LogP contribution in [0.1, 0.15) is 23.0 Å². The van der Waals surface area contributed by atoms with Crippen LogP contribution in [-0.2, 0) is 0 Å². The van der Waals surface area contributed by atoms with Crippen molar-refractivity contribution >= 4 is 17.3 Å². The lowest BCUT2D eigenvalue weighted by Crippen LogP contribution is -2.26. The molecule has 0 saturated carbocycles. The number of aryl methyl sites for hydroxylation is 2. The van der Waals surface area contributed by atoms with Crippen molar-refractivity contribution in [1.82, 2.24) is 9.78 Å². The summed E-state index contributed by atoms with van der Waals surface area (Å²) in [7, 11) is 0. The van der Waals surface area contributed by atoms with E-state index in [1.165, 1.54) is 11.1 Å². The Balaban J connectivity index is 1.97. The van der Waals surface area contributed by atoms with Crippen LogP contribution < -0.4 is 5.32 Å². The van der Waals surface area contributed by atoms with Crippen LogP contribution in [-0.4, -0.2) is 9.78 Å². The van der Waals surface area contributed by atoms with Gasteiger partial charge >= 0.3 is 0 Å². The van der Waals surface area contributed by atoms with Crippen LogP contribution in [0.4, 0.5) is 5.69 Å². The smallest absolute Gasteiger partial charge is 0.148 e. The summed E-state index contributed by atoms with van der Waals surface area (Å²) < 4.78 is 2.03. The zero-order chi connectivity index (χ0) is 15.3. The molecule has 3 aromatic rings. The number of fused-ring (bicyclic) bond motifs is 3. The topological polar surface area (TPSA) is 29.9 Å². The van der Waals surface area contributed by atoms with Crippen LogP contribution >= 0.6 is 11.6 Å². The second-order valence-electron chi connectivity index (χ2n) is 5.68. The van der Waals surface area contributed by atoms with Crippen molar-refractivity contribution in [3.63, 3.8) is 0 Å². The number of aromatic nitrogens is 2. The zero-order valence-electron chi connectivity index (χ0n) is 12.5. The molecule has 1 atom stereocenters. The summed E-state index contributed by atoms with van der Waals surface area (Å²) in [6.07, 6.45) is -0.0917. The van der Waals surface area contributed by atoms with Crippen LogP contribution in [0.3, 0.4) is 0 Å². The summed E-state index contributed by atoms with van der Waals surface area (Å²) in [5, 5.41) is 9.03. The molecule has 2 heterocycles. The maximum Gasteiger partial charge on any atom is 0.148 e. The Morgan fingerprint density at radius 1 is 1.09 bits per heavy atom. The number of halogens is 1. The summed E-state index contributed by atoms with van der Waals surface area (Å²) in [5.41, 5.74) is 6.72. The van der Waals surface area contributed by atoms with Crippen LogP contribution in [0.5, 0.6) is 0 Å². The predicted molar refractivity (Wildman–Crippen MR) is 90.4 cm³/mol. The zero-order valence-corrected chi connectivity index (χ0v) is 13.2. The van der Waals surface area contributed by atoms with E-state index in [2.05, 4.69) is 41.6 Å². The molecule has 0 fully saturated rings. The summed E-state index contributed by atoms with van der Waals surface area (Å²) in [6.45, 7) is 4.14. The Hall–Kier alpha value is -2.26. The SMILES string of the molecule is Cc1cc2n(n1)[C@H](c1ccccc1Cl)Nc1c(C)cccc1-2. The Labute approximate surface area is 134 Å². The van der Waals surface area contributed by atoms with E-state index in [1.807, 2.05) is 35.9 Å². The fourth-order valence-electron chi connectivity index (χ4n) is 3.09. The largest absolute Gasteiger partial charge is 0.359 e. The third-order valence-corrected chi connectivity index (χ3v) is 4.48. The Morgan fingerprint density at radius 3 is 2.73 bits per heavy atom. The molecule has 0 bridgehead atoms. The molecule has 1 N–H and O–H groups in total. The quantitative estimate of drug-likeness (QED) is 0.700. The summed E-state index contributed by atoms with van der Waals surface area (Å²) >= 11 is 6.42. The summed E-state index contributed by atoms with van der Waals surface area (Å²) in [6, 6.07) is 16.4. The van der Waals surface area contributed by atoms with Crippen molar-refractivity contribution < 1.29 is 0 Å². The van der Waals surface area contributed by atoms with Crippen LogP contribution in [0.2, 0.25) is 5.02 Å². The maximum atomic E-state index is 6.42. The van der Waals surface area contributed by atoms with Crippen LogP contribution in [0.15, 0.2) is 48.5 Å². The highest BCUT2D eigenvalue weighted by atomic mass is 35.5. The molecule has 0 saturated heterocycles. The predicted octanol–water partition coefficient (Wildman–Crippen LogP) is 4.79. The van der Waals surface area contributed by atoms with Gasteiger partial charge in [0.05, 0.1) is 11.4 Å². The van der Waals surface area contributed by atoms with Crippen molar-refractivity contribution in [2.24, 2.45) is 0 Å². The van der Waals surface area contributed by atoms with Gasteiger partial charge in [-0.3, -0.25) is 0 Å². The number of hydrogen-bond acceptors (Lipinski definition) is 2. The van der Waals surface area contributed by atoms with Gasteiger partial charge in [-0.2, -0.15) is 5.10 Å². The van der Waals surface area contributed by atoms with E-state index in [9.17, 15) is 0 Å². The highest BCUT2D eigenvalue weighted by molar-refractivity contribution is 6.31. The molecule has 4 rings (SSSR count). The number of benzene rings is 2. The average molecular weight is 310 g/mol. The highest BCUT2D eigenvalue weighted by Gasteiger charge is 2.28. The van der Waals surface area contributed by atoms with Crippen LogP contribution in [0.25, 0.3) is 11.3 Å². The van der Waals surface area contributed by atoms with Gasteiger partial charge in [0.25, 0.3) is 0 Å². The number of anilines is 1. The minimum absolute atomic E-state index is 0.0917. The molecule has 0 spiro atoms. The van der Waals surface area contributed by atoms with Gasteiger partial charge in [0.1, 0.15) is 6.17 Å². The molecule has 0 aliphatic carbocycles. The molecule has 4 heteroatoms. The van der Waals surface area contributed by atoms with E-state index < -0.39 is 0 Å². The first-order chi connectivity index (χ1) is 10.6. The van der Waals surface area contributed by atoms with E-state index in [1.54, 1.807) is 0 Å². The first-order valence-corrected chi connectivity index (χ1v) is 7.70. The number of rotatable bonds is 1. The lowest BCUT2D eigenvalue weighted by Gasteiger charge is -2.30. The number of hydrogen-bond donors (Lipinski definition) is 1. The van der Waals surface area contributed by atoms with Gasteiger partial charge in [0.15, 0.2) is 0 Å². The molecule has 0 radical (unpaired) electrons. The molecular formula is C18H16ClN3. The maximum absolute atomic E-state index is 6.42. The van der Waals surface area contributed by atoms with Crippen molar-refractivity contribution in [2.75, 3.05) is 5.32 Å². The van der Waals surface area contributed by atoms with Gasteiger partial charge in [0, 0.05) is 21.8 Å². The molecule has 1 aliphatic heterocycles. The molecule has 22 heavy (non-hydrogen) atoms. The van der Waals surface area contributed by atoms with Gasteiger partial charge in [-0.25, -0.2) is 4.68 Å². The van der Waals surface area contributed by atoms with Crippen LogP contribution in [0, 0.1) is 13.8 Å². The molecule has 3 nitrogen and oxygen atoms in total. The average Bonchev–Trinajstić information content (AvgIpc) is 2.89. The van der Waals surface area contributed by atoms with Crippen molar-refractivity contribution in [3.05, 3.63) is 70.4 Å². The van der Waals surface area contributed by atoms with Gasteiger partial charge in [0.2, 0.25) is 0 Å². The second kappa shape index (κ2) is 4.89. The van der Waals surface area contributed by atoms with Crippen molar-refractivity contribution in [1.29, 1.82) is 0 Å². The van der Waals surface area contributed by atoms with E-state index >= 15 is 0 Å². The van der Waals surface area contributed by atoms with Crippen molar-refractivity contribution in [3.8, 4) is 11.3 Å². The highest BCUT2D eigenvalue weighted by Crippen LogP contribution is 2.41. The summed E-state index contributed by atoms with van der Waals surface area (Å²) in [4.78, 5) is 0. The molecule has 0 unspecified atom stereocenters. The third kappa shape index (κ3) is 1.93. The van der Waals surface area contributed by atoms with E-state index in [0.29, 0.717) is 0 Å². The number of nitrogens with zero attached hydrogens (tertiary/aromatic N) is 2. The Morgan fingerprint density at radius 2 is 1.91 bits per heavy atom. The minimum atomic E-state index is -0.0917. The third-order valence-electron chi connectivity index (χ3n) is 4.13. The monoisotopic (exact) mass is 309 g/mol. The summed E-state index contributed by atoms with van der Waals surface area (Å²) in [5.74, 6) is 0. The number of para-hydroxylation sites is 1. The van der Waals surface area contributed by atoms with Crippen molar-refractivity contribution in [2.45, 2.75) is 20.0 Å². The normalized spacial score (nSPS) is 15.9. The first-order valence-electron chi connectivity index (χ1n) is 7.32. The molecule has 1 aliphatic rings. The van der Waals surface area contributed by atoms with E-state index in [4.69, 9.17) is 11.6 Å². The molecule has 110 valence electrons. The molecule has 0 amide bonds. The number of nitrogens with one attached hydrogen (secondary N) is 1. The van der Waals surface area contributed by atoms with Gasteiger partial charge in [-0.1, -0.05) is 48.0 Å².